The van der Waals surface area contributed by atoms with Crippen LogP contribution in [0.5, 0.6) is 0 Å². The minimum absolute atomic E-state index is 0.138. The van der Waals surface area contributed by atoms with Crippen molar-refractivity contribution in [3.05, 3.63) is 35.1 Å². The van der Waals surface area contributed by atoms with Crippen molar-refractivity contribution in [2.24, 2.45) is 11.7 Å². The molecule has 1 heterocycles. The average molecular weight is 250 g/mol. The van der Waals surface area contributed by atoms with Crippen molar-refractivity contribution >= 4 is 0 Å². The van der Waals surface area contributed by atoms with Gasteiger partial charge in [-0.25, -0.2) is 4.39 Å². The van der Waals surface area contributed by atoms with Gasteiger partial charge in [-0.15, -0.1) is 0 Å². The molecule has 2 rings (SSSR count). The molecule has 0 bridgehead atoms. The van der Waals surface area contributed by atoms with E-state index in [1.165, 1.54) is 0 Å². The normalized spacial score (nSPS) is 25.0. The molecular formula is C15H23FN2. The van der Waals surface area contributed by atoms with Gasteiger partial charge >= 0.3 is 0 Å². The highest BCUT2D eigenvalue weighted by atomic mass is 19.1. The fraction of sp³-hybridized carbons (Fsp3) is 0.600. The molecule has 0 amide bonds. The van der Waals surface area contributed by atoms with E-state index in [4.69, 9.17) is 5.73 Å². The van der Waals surface area contributed by atoms with Crippen LogP contribution >= 0.6 is 0 Å². The number of nitrogens with zero attached hydrogens (tertiary/aromatic N) is 1. The second-order valence-electron chi connectivity index (χ2n) is 5.79. The van der Waals surface area contributed by atoms with Gasteiger partial charge in [0.1, 0.15) is 5.82 Å². The van der Waals surface area contributed by atoms with Crippen molar-refractivity contribution < 1.29 is 4.39 Å². The van der Waals surface area contributed by atoms with E-state index in [1.54, 1.807) is 6.07 Å². The molecule has 0 saturated carbocycles. The number of rotatable bonds is 3. The van der Waals surface area contributed by atoms with Gasteiger partial charge in [0.2, 0.25) is 0 Å². The van der Waals surface area contributed by atoms with E-state index in [-0.39, 0.29) is 17.9 Å². The molecule has 1 aromatic carbocycles. The molecule has 18 heavy (non-hydrogen) atoms. The molecule has 3 heteroatoms. The van der Waals surface area contributed by atoms with Crippen molar-refractivity contribution in [3.63, 3.8) is 0 Å². The zero-order chi connectivity index (χ0) is 13.3. The van der Waals surface area contributed by atoms with E-state index < -0.39 is 0 Å². The van der Waals surface area contributed by atoms with Crippen LogP contribution in [-0.4, -0.2) is 24.0 Å². The van der Waals surface area contributed by atoms with Crippen LogP contribution in [0.25, 0.3) is 0 Å². The molecule has 0 aliphatic carbocycles. The van der Waals surface area contributed by atoms with Gasteiger partial charge in [0.25, 0.3) is 0 Å². The van der Waals surface area contributed by atoms with Crippen LogP contribution in [0.2, 0.25) is 0 Å². The minimum atomic E-state index is -0.138. The summed E-state index contributed by atoms with van der Waals surface area (Å²) in [6.45, 7) is 8.34. The Hall–Kier alpha value is -0.930. The van der Waals surface area contributed by atoms with Gasteiger partial charge in [-0.2, -0.15) is 0 Å². The van der Waals surface area contributed by atoms with Crippen LogP contribution in [0.3, 0.4) is 0 Å². The lowest BCUT2D eigenvalue weighted by Gasteiger charge is -2.28. The van der Waals surface area contributed by atoms with Crippen LogP contribution in [0.1, 0.15) is 37.4 Å². The maximum Gasteiger partial charge on any atom is 0.126 e. The Balaban J connectivity index is 2.24. The van der Waals surface area contributed by atoms with Crippen molar-refractivity contribution in [3.8, 4) is 0 Å². The monoisotopic (exact) mass is 250 g/mol. The lowest BCUT2D eigenvalue weighted by atomic mass is 9.98. The Kier molecular flexibility index (Phi) is 4.03. The Bertz CT molecular complexity index is 417. The van der Waals surface area contributed by atoms with E-state index in [0.29, 0.717) is 11.5 Å². The van der Waals surface area contributed by atoms with Gasteiger partial charge in [0.05, 0.1) is 0 Å². The van der Waals surface area contributed by atoms with Crippen molar-refractivity contribution in [1.29, 1.82) is 0 Å². The van der Waals surface area contributed by atoms with Gasteiger partial charge in [0.15, 0.2) is 0 Å². The molecule has 1 aliphatic rings. The maximum absolute atomic E-state index is 13.3. The van der Waals surface area contributed by atoms with Gasteiger partial charge in [-0.05, 0) is 36.5 Å². The Morgan fingerprint density at radius 1 is 1.44 bits per heavy atom. The molecule has 0 radical (unpaired) electrons. The number of likely N-dealkylation sites (tertiary alicyclic amines) is 1. The minimum Gasteiger partial charge on any atom is -0.326 e. The summed E-state index contributed by atoms with van der Waals surface area (Å²) in [6, 6.07) is 5.79. The van der Waals surface area contributed by atoms with Crippen LogP contribution in [-0.2, 0) is 0 Å². The molecule has 1 fully saturated rings. The Morgan fingerprint density at radius 3 is 2.78 bits per heavy atom. The SMILES string of the molecule is Cc1cc(C2C(N)CCN2CC(C)C)ccc1F. The third kappa shape index (κ3) is 2.73. The molecular weight excluding hydrogens is 227 g/mol. The predicted molar refractivity (Wildman–Crippen MR) is 72.9 cm³/mol. The first-order valence-corrected chi connectivity index (χ1v) is 6.74. The number of halogens is 1. The summed E-state index contributed by atoms with van der Waals surface area (Å²) in [7, 11) is 0. The average Bonchev–Trinajstić information content (AvgIpc) is 2.63. The summed E-state index contributed by atoms with van der Waals surface area (Å²) in [6.07, 6.45) is 1.02. The van der Waals surface area contributed by atoms with Gasteiger partial charge in [-0.3, -0.25) is 4.90 Å². The summed E-state index contributed by atoms with van der Waals surface area (Å²) in [5, 5.41) is 0. The summed E-state index contributed by atoms with van der Waals surface area (Å²) in [5.41, 5.74) is 8.09. The van der Waals surface area contributed by atoms with Gasteiger partial charge < -0.3 is 5.73 Å². The molecule has 2 unspecified atom stereocenters. The number of benzene rings is 1. The summed E-state index contributed by atoms with van der Waals surface area (Å²) >= 11 is 0. The van der Waals surface area contributed by atoms with Crippen LogP contribution < -0.4 is 5.73 Å². The molecule has 0 spiro atoms. The zero-order valence-electron chi connectivity index (χ0n) is 11.5. The molecule has 2 nitrogen and oxygen atoms in total. The first-order chi connectivity index (χ1) is 8.49. The lowest BCUT2D eigenvalue weighted by molar-refractivity contribution is 0.221. The smallest absolute Gasteiger partial charge is 0.126 e. The Labute approximate surface area is 109 Å². The third-order valence-corrected chi connectivity index (χ3v) is 3.67. The summed E-state index contributed by atoms with van der Waals surface area (Å²) in [5.74, 6) is 0.486. The number of hydrogen-bond acceptors (Lipinski definition) is 2. The highest BCUT2D eigenvalue weighted by molar-refractivity contribution is 5.28. The van der Waals surface area contributed by atoms with Crippen molar-refractivity contribution in [1.82, 2.24) is 4.90 Å². The highest BCUT2D eigenvalue weighted by Crippen LogP contribution is 2.32. The predicted octanol–water partition coefficient (Wildman–Crippen LogP) is 2.86. The van der Waals surface area contributed by atoms with Gasteiger partial charge in [0, 0.05) is 25.2 Å². The molecule has 1 aliphatic heterocycles. The van der Waals surface area contributed by atoms with E-state index in [0.717, 1.165) is 25.1 Å². The largest absolute Gasteiger partial charge is 0.326 e. The highest BCUT2D eigenvalue weighted by Gasteiger charge is 2.33. The van der Waals surface area contributed by atoms with E-state index in [2.05, 4.69) is 18.7 Å². The van der Waals surface area contributed by atoms with E-state index >= 15 is 0 Å². The second-order valence-corrected chi connectivity index (χ2v) is 5.79. The van der Waals surface area contributed by atoms with Gasteiger partial charge in [-0.1, -0.05) is 26.0 Å². The maximum atomic E-state index is 13.3. The number of hydrogen-bond donors (Lipinski definition) is 1. The molecule has 2 atom stereocenters. The topological polar surface area (TPSA) is 29.3 Å². The first kappa shape index (κ1) is 13.5. The quantitative estimate of drug-likeness (QED) is 0.893. The summed E-state index contributed by atoms with van der Waals surface area (Å²) in [4.78, 5) is 2.43. The fourth-order valence-corrected chi connectivity index (χ4v) is 2.87. The molecule has 1 aromatic rings. The lowest BCUT2D eigenvalue weighted by Crippen LogP contribution is -2.34. The Morgan fingerprint density at radius 2 is 2.17 bits per heavy atom. The second kappa shape index (κ2) is 5.37. The first-order valence-electron chi connectivity index (χ1n) is 6.74. The summed E-state index contributed by atoms with van der Waals surface area (Å²) < 4.78 is 13.3. The third-order valence-electron chi connectivity index (χ3n) is 3.67. The van der Waals surface area contributed by atoms with E-state index in [1.807, 2.05) is 19.1 Å². The van der Waals surface area contributed by atoms with Crippen LogP contribution in [0, 0.1) is 18.7 Å². The molecule has 2 N–H and O–H groups in total. The molecule has 0 aromatic heterocycles. The van der Waals surface area contributed by atoms with Crippen molar-refractivity contribution in [2.45, 2.75) is 39.3 Å². The fourth-order valence-electron chi connectivity index (χ4n) is 2.87. The van der Waals surface area contributed by atoms with E-state index in [9.17, 15) is 4.39 Å². The number of aryl methyl sites for hydroxylation is 1. The van der Waals surface area contributed by atoms with Crippen molar-refractivity contribution in [2.75, 3.05) is 13.1 Å². The van der Waals surface area contributed by atoms with Crippen LogP contribution in [0.4, 0.5) is 4.39 Å². The van der Waals surface area contributed by atoms with Crippen LogP contribution in [0.15, 0.2) is 18.2 Å². The zero-order valence-corrected chi connectivity index (χ0v) is 11.5. The standard InChI is InChI=1S/C15H23FN2/c1-10(2)9-18-7-6-14(17)15(18)12-4-5-13(16)11(3)8-12/h4-5,8,10,14-15H,6-7,9,17H2,1-3H3. The molecule has 1 saturated heterocycles. The molecule has 100 valence electrons. The number of nitrogens with two attached hydrogens (primary N) is 1.